The Morgan fingerprint density at radius 2 is 2.00 bits per heavy atom. The normalized spacial score (nSPS) is 17.4. The van der Waals surface area contributed by atoms with Gasteiger partial charge in [-0.25, -0.2) is 5.01 Å². The minimum atomic E-state index is -0.218. The van der Waals surface area contributed by atoms with Gasteiger partial charge in [0.15, 0.2) is 5.76 Å². The summed E-state index contributed by atoms with van der Waals surface area (Å²) in [6.07, 6.45) is 0. The van der Waals surface area contributed by atoms with Gasteiger partial charge in [0.25, 0.3) is 0 Å². The number of carbonyl (C=O) groups is 1. The summed E-state index contributed by atoms with van der Waals surface area (Å²) in [7, 11) is 2.07. The molecule has 3 N–H and O–H groups in total. The molecule has 0 unspecified atom stereocenters. The minimum Gasteiger partial charge on any atom is -0.451 e. The van der Waals surface area contributed by atoms with Crippen molar-refractivity contribution in [2.45, 2.75) is 0 Å². The van der Waals surface area contributed by atoms with Crippen LogP contribution in [-0.2, 0) is 0 Å². The van der Waals surface area contributed by atoms with E-state index in [0.717, 1.165) is 31.6 Å². The zero-order valence-electron chi connectivity index (χ0n) is 11.4. The number of furan rings is 1. The van der Waals surface area contributed by atoms with Crippen LogP contribution in [0.4, 0.5) is 5.69 Å². The number of nitrogens with zero attached hydrogens (tertiary/aromatic N) is 2. The number of anilines is 1. The molecule has 3 rings (SSSR count). The quantitative estimate of drug-likeness (QED) is 0.796. The first kappa shape index (κ1) is 13.0. The number of carbonyl (C=O) groups excluding carboxylic acids is 1. The molecule has 6 heteroatoms. The molecule has 6 nitrogen and oxygen atoms in total. The van der Waals surface area contributed by atoms with Crippen molar-refractivity contribution in [3.63, 3.8) is 0 Å². The number of rotatable bonds is 2. The maximum atomic E-state index is 12.2. The standard InChI is InChI=1S/C14H18N4O2/c1-17-4-6-18(7-5-17)16-14(19)13-9-10-8-11(15)2-3-12(10)20-13/h2-3,8-9H,4-7,15H2,1H3,(H,16,19). The van der Waals surface area contributed by atoms with E-state index in [1.807, 2.05) is 5.01 Å². The van der Waals surface area contributed by atoms with Crippen LogP contribution >= 0.6 is 0 Å². The molecule has 1 amide bonds. The summed E-state index contributed by atoms with van der Waals surface area (Å²) in [5.41, 5.74) is 9.92. The summed E-state index contributed by atoms with van der Waals surface area (Å²) in [6, 6.07) is 7.05. The van der Waals surface area contributed by atoms with Crippen molar-refractivity contribution in [3.05, 3.63) is 30.0 Å². The number of hydrogen-bond donors (Lipinski definition) is 2. The topological polar surface area (TPSA) is 74.7 Å². The predicted molar refractivity (Wildman–Crippen MR) is 77.2 cm³/mol. The summed E-state index contributed by atoms with van der Waals surface area (Å²) >= 11 is 0. The van der Waals surface area contributed by atoms with Crippen LogP contribution in [0.5, 0.6) is 0 Å². The zero-order chi connectivity index (χ0) is 14.1. The zero-order valence-corrected chi connectivity index (χ0v) is 11.4. The summed E-state index contributed by atoms with van der Waals surface area (Å²) < 4.78 is 5.54. The molecule has 1 aliphatic heterocycles. The molecule has 20 heavy (non-hydrogen) atoms. The number of hydrazine groups is 1. The molecular formula is C14H18N4O2. The lowest BCUT2D eigenvalue weighted by atomic mass is 10.2. The van der Waals surface area contributed by atoms with Crippen molar-refractivity contribution in [1.82, 2.24) is 15.3 Å². The van der Waals surface area contributed by atoms with Gasteiger partial charge in [-0.15, -0.1) is 0 Å². The fourth-order valence-electron chi connectivity index (χ4n) is 2.29. The van der Waals surface area contributed by atoms with Crippen LogP contribution in [0.15, 0.2) is 28.7 Å². The van der Waals surface area contributed by atoms with E-state index in [1.54, 1.807) is 24.3 Å². The first-order valence-electron chi connectivity index (χ1n) is 6.65. The molecule has 106 valence electrons. The number of amides is 1. The molecule has 2 aromatic rings. The van der Waals surface area contributed by atoms with Crippen LogP contribution < -0.4 is 11.2 Å². The highest BCUT2D eigenvalue weighted by atomic mass is 16.3. The maximum absolute atomic E-state index is 12.2. The van der Waals surface area contributed by atoms with E-state index in [9.17, 15) is 4.79 Å². The summed E-state index contributed by atoms with van der Waals surface area (Å²) in [5.74, 6) is 0.0915. The fraction of sp³-hybridized carbons (Fsp3) is 0.357. The Morgan fingerprint density at radius 3 is 2.75 bits per heavy atom. The first-order valence-corrected chi connectivity index (χ1v) is 6.65. The van der Waals surface area contributed by atoms with Crippen molar-refractivity contribution in [2.24, 2.45) is 0 Å². The Balaban J connectivity index is 1.72. The first-order chi connectivity index (χ1) is 9.61. The summed E-state index contributed by atoms with van der Waals surface area (Å²) in [4.78, 5) is 14.4. The Labute approximate surface area is 117 Å². The third-order valence-corrected chi connectivity index (χ3v) is 3.53. The van der Waals surface area contributed by atoms with Crippen LogP contribution in [0, 0.1) is 0 Å². The average molecular weight is 274 g/mol. The van der Waals surface area contributed by atoms with Crippen molar-refractivity contribution < 1.29 is 9.21 Å². The third-order valence-electron chi connectivity index (χ3n) is 3.53. The Bertz CT molecular complexity index is 629. The molecule has 2 heterocycles. The highest BCUT2D eigenvalue weighted by Crippen LogP contribution is 2.21. The molecule has 0 saturated carbocycles. The van der Waals surface area contributed by atoms with Crippen molar-refractivity contribution in [2.75, 3.05) is 39.0 Å². The van der Waals surface area contributed by atoms with Crippen molar-refractivity contribution in [1.29, 1.82) is 0 Å². The lowest BCUT2D eigenvalue weighted by Gasteiger charge is -2.32. The van der Waals surface area contributed by atoms with E-state index < -0.39 is 0 Å². The Morgan fingerprint density at radius 1 is 1.25 bits per heavy atom. The molecule has 1 aliphatic rings. The predicted octanol–water partition coefficient (Wildman–Crippen LogP) is 0.907. The van der Waals surface area contributed by atoms with E-state index in [4.69, 9.17) is 10.2 Å². The lowest BCUT2D eigenvalue weighted by molar-refractivity contribution is 0.0639. The van der Waals surface area contributed by atoms with Crippen molar-refractivity contribution >= 4 is 22.6 Å². The van der Waals surface area contributed by atoms with Crippen molar-refractivity contribution in [3.8, 4) is 0 Å². The molecular weight excluding hydrogens is 256 g/mol. The number of nitrogens with two attached hydrogens (primary N) is 1. The molecule has 0 aliphatic carbocycles. The van der Waals surface area contributed by atoms with Crippen LogP contribution in [-0.4, -0.2) is 49.0 Å². The summed E-state index contributed by atoms with van der Waals surface area (Å²) in [6.45, 7) is 3.51. The SMILES string of the molecule is CN1CCN(NC(=O)c2cc3cc(N)ccc3o2)CC1. The van der Waals surface area contributed by atoms with Gasteiger partial charge in [-0.3, -0.25) is 10.2 Å². The number of hydrogen-bond acceptors (Lipinski definition) is 5. The average Bonchev–Trinajstić information content (AvgIpc) is 2.84. The van der Waals surface area contributed by atoms with Crippen LogP contribution in [0.3, 0.4) is 0 Å². The van der Waals surface area contributed by atoms with Crippen LogP contribution in [0.25, 0.3) is 11.0 Å². The van der Waals surface area contributed by atoms with Crippen LogP contribution in [0.2, 0.25) is 0 Å². The third kappa shape index (κ3) is 2.61. The minimum absolute atomic E-state index is 0.218. The van der Waals surface area contributed by atoms with Gasteiger partial charge in [0, 0.05) is 37.3 Å². The van der Waals surface area contributed by atoms with Gasteiger partial charge in [0.05, 0.1) is 0 Å². The van der Waals surface area contributed by atoms with Gasteiger partial charge >= 0.3 is 5.91 Å². The molecule has 0 radical (unpaired) electrons. The van der Waals surface area contributed by atoms with E-state index in [-0.39, 0.29) is 5.91 Å². The van der Waals surface area contributed by atoms with E-state index >= 15 is 0 Å². The second-order valence-electron chi connectivity index (χ2n) is 5.14. The van der Waals surface area contributed by atoms with E-state index in [1.165, 1.54) is 0 Å². The number of likely N-dealkylation sites (N-methyl/N-ethyl adjacent to an activating group) is 1. The molecule has 0 spiro atoms. The monoisotopic (exact) mass is 274 g/mol. The summed E-state index contributed by atoms with van der Waals surface area (Å²) in [5, 5.41) is 2.76. The molecule has 0 atom stereocenters. The number of piperazine rings is 1. The van der Waals surface area contributed by atoms with E-state index in [0.29, 0.717) is 17.0 Å². The van der Waals surface area contributed by atoms with Gasteiger partial charge in [0.1, 0.15) is 5.58 Å². The largest absolute Gasteiger partial charge is 0.451 e. The van der Waals surface area contributed by atoms with Gasteiger partial charge < -0.3 is 15.1 Å². The molecule has 1 aromatic carbocycles. The smallest absolute Gasteiger partial charge is 0.301 e. The highest BCUT2D eigenvalue weighted by Gasteiger charge is 2.18. The van der Waals surface area contributed by atoms with Crippen LogP contribution in [0.1, 0.15) is 10.6 Å². The van der Waals surface area contributed by atoms with Gasteiger partial charge in [-0.1, -0.05) is 0 Å². The number of nitrogens with one attached hydrogen (secondary N) is 1. The van der Waals surface area contributed by atoms with E-state index in [2.05, 4.69) is 17.4 Å². The number of fused-ring (bicyclic) bond motifs is 1. The molecule has 1 fully saturated rings. The Hall–Kier alpha value is -2.05. The van der Waals surface area contributed by atoms with Gasteiger partial charge in [-0.2, -0.15) is 0 Å². The highest BCUT2D eigenvalue weighted by molar-refractivity contribution is 5.96. The lowest BCUT2D eigenvalue weighted by Crippen LogP contribution is -2.52. The molecule has 0 bridgehead atoms. The maximum Gasteiger partial charge on any atom is 0.301 e. The Kier molecular flexibility index (Phi) is 3.33. The molecule has 1 saturated heterocycles. The molecule has 1 aromatic heterocycles. The second-order valence-corrected chi connectivity index (χ2v) is 5.14. The fourth-order valence-corrected chi connectivity index (χ4v) is 2.29. The number of benzene rings is 1. The van der Waals surface area contributed by atoms with Gasteiger partial charge in [0.2, 0.25) is 0 Å². The number of nitrogen functional groups attached to an aromatic ring is 1. The second kappa shape index (κ2) is 5.15. The van der Waals surface area contributed by atoms with Gasteiger partial charge in [-0.05, 0) is 31.3 Å².